The maximum absolute atomic E-state index is 12.8. The Labute approximate surface area is 123 Å². The minimum Gasteiger partial charge on any atom is -0.315 e. The number of nitrogens with one attached hydrogen (secondary N) is 1. The third kappa shape index (κ3) is 2.43. The zero-order valence-electron chi connectivity index (χ0n) is 11.4. The molecule has 0 amide bonds. The average Bonchev–Trinajstić information content (AvgIpc) is 2.95. The molecule has 3 rings (SSSR count). The van der Waals surface area contributed by atoms with Crippen LogP contribution in [-0.2, 0) is 10.0 Å². The molecule has 2 aliphatic heterocycles. The molecule has 0 aliphatic carbocycles. The molecule has 2 atom stereocenters. The Bertz CT molecular complexity index is 661. The van der Waals surface area contributed by atoms with E-state index in [2.05, 4.69) is 5.32 Å². The number of fused-ring (bicyclic) bond motifs is 1. The summed E-state index contributed by atoms with van der Waals surface area (Å²) >= 11 is 0. The minimum absolute atomic E-state index is 0.0939. The third-order valence-electron chi connectivity index (χ3n) is 4.28. The molecule has 7 nitrogen and oxygen atoms in total. The number of para-hydroxylation sites is 1. The lowest BCUT2D eigenvalue weighted by molar-refractivity contribution is -0.387. The van der Waals surface area contributed by atoms with Crippen LogP contribution >= 0.6 is 0 Å². The van der Waals surface area contributed by atoms with Gasteiger partial charge in [-0.3, -0.25) is 10.1 Å². The van der Waals surface area contributed by atoms with E-state index in [0.29, 0.717) is 19.0 Å². The first-order valence-corrected chi connectivity index (χ1v) is 8.42. The zero-order valence-corrected chi connectivity index (χ0v) is 12.3. The number of hydrogen-bond acceptors (Lipinski definition) is 5. The van der Waals surface area contributed by atoms with E-state index in [0.717, 1.165) is 19.4 Å². The molecule has 0 saturated carbocycles. The van der Waals surface area contributed by atoms with Crippen molar-refractivity contribution in [2.24, 2.45) is 5.92 Å². The molecule has 1 aromatic carbocycles. The first-order valence-electron chi connectivity index (χ1n) is 6.98. The Morgan fingerprint density at radius 2 is 2.05 bits per heavy atom. The molecule has 0 aromatic heterocycles. The van der Waals surface area contributed by atoms with E-state index < -0.39 is 14.9 Å². The second-order valence-electron chi connectivity index (χ2n) is 5.47. The van der Waals surface area contributed by atoms with Gasteiger partial charge in [-0.25, -0.2) is 8.42 Å². The highest BCUT2D eigenvalue weighted by molar-refractivity contribution is 7.89. The number of rotatable bonds is 3. The van der Waals surface area contributed by atoms with Gasteiger partial charge in [-0.05, 0) is 31.4 Å². The van der Waals surface area contributed by atoms with E-state index in [1.54, 1.807) is 0 Å². The largest absolute Gasteiger partial charge is 0.315 e. The van der Waals surface area contributed by atoms with Gasteiger partial charge in [0.1, 0.15) is 0 Å². The van der Waals surface area contributed by atoms with Gasteiger partial charge in [-0.15, -0.1) is 0 Å². The summed E-state index contributed by atoms with van der Waals surface area (Å²) in [5.74, 6) is 0.302. The first-order chi connectivity index (χ1) is 10.0. The Balaban J connectivity index is 2.02. The molecule has 0 radical (unpaired) electrons. The van der Waals surface area contributed by atoms with Gasteiger partial charge in [-0.1, -0.05) is 12.1 Å². The predicted octanol–water partition coefficient (Wildman–Crippen LogP) is 0.967. The monoisotopic (exact) mass is 311 g/mol. The van der Waals surface area contributed by atoms with Gasteiger partial charge in [-0.2, -0.15) is 4.31 Å². The van der Waals surface area contributed by atoms with Gasteiger partial charge in [0, 0.05) is 25.2 Å². The number of nitrogens with zero attached hydrogens (tertiary/aromatic N) is 2. The van der Waals surface area contributed by atoms with Crippen LogP contribution in [0.4, 0.5) is 5.69 Å². The molecule has 2 heterocycles. The molecule has 8 heteroatoms. The van der Waals surface area contributed by atoms with Crippen molar-refractivity contribution >= 4 is 15.7 Å². The zero-order chi connectivity index (χ0) is 15.0. The Morgan fingerprint density at radius 1 is 1.29 bits per heavy atom. The van der Waals surface area contributed by atoms with Gasteiger partial charge in [0.15, 0.2) is 4.90 Å². The molecule has 2 aliphatic rings. The van der Waals surface area contributed by atoms with Crippen molar-refractivity contribution in [3.05, 3.63) is 34.4 Å². The van der Waals surface area contributed by atoms with E-state index in [4.69, 9.17) is 0 Å². The van der Waals surface area contributed by atoms with Crippen molar-refractivity contribution in [2.75, 3.05) is 19.6 Å². The van der Waals surface area contributed by atoms with Crippen LogP contribution in [0.15, 0.2) is 29.2 Å². The molecule has 114 valence electrons. The molecule has 0 unspecified atom stereocenters. The highest BCUT2D eigenvalue weighted by Gasteiger charge is 2.43. The maximum atomic E-state index is 12.8. The summed E-state index contributed by atoms with van der Waals surface area (Å²) in [6, 6.07) is 5.46. The van der Waals surface area contributed by atoms with Crippen LogP contribution in [0.25, 0.3) is 0 Å². The summed E-state index contributed by atoms with van der Waals surface area (Å²) in [4.78, 5) is 10.2. The van der Waals surface area contributed by atoms with Crippen molar-refractivity contribution in [2.45, 2.75) is 23.8 Å². The summed E-state index contributed by atoms with van der Waals surface area (Å²) < 4.78 is 27.1. The van der Waals surface area contributed by atoms with Crippen molar-refractivity contribution in [1.29, 1.82) is 0 Å². The summed E-state index contributed by atoms with van der Waals surface area (Å²) in [7, 11) is -3.84. The Kier molecular flexibility index (Phi) is 3.68. The van der Waals surface area contributed by atoms with Crippen molar-refractivity contribution in [1.82, 2.24) is 9.62 Å². The Morgan fingerprint density at radius 3 is 2.81 bits per heavy atom. The summed E-state index contributed by atoms with van der Waals surface area (Å²) in [6.07, 6.45) is 1.79. The normalized spacial score (nSPS) is 26.5. The fraction of sp³-hybridized carbons (Fsp3) is 0.538. The molecule has 0 bridgehead atoms. The number of nitro groups is 1. The van der Waals surface area contributed by atoms with Crippen LogP contribution in [0, 0.1) is 16.0 Å². The molecule has 1 N–H and O–H groups in total. The lowest BCUT2D eigenvalue weighted by Gasteiger charge is -2.35. The van der Waals surface area contributed by atoms with Crippen LogP contribution in [0.3, 0.4) is 0 Å². The van der Waals surface area contributed by atoms with E-state index >= 15 is 0 Å². The third-order valence-corrected chi connectivity index (χ3v) is 6.25. The molecule has 21 heavy (non-hydrogen) atoms. The van der Waals surface area contributed by atoms with Gasteiger partial charge in [0.05, 0.1) is 4.92 Å². The minimum atomic E-state index is -3.84. The summed E-state index contributed by atoms with van der Waals surface area (Å²) in [5.41, 5.74) is -0.356. The van der Waals surface area contributed by atoms with E-state index in [1.807, 2.05) is 0 Å². The van der Waals surface area contributed by atoms with E-state index in [-0.39, 0.29) is 16.6 Å². The number of piperidine rings is 1. The summed E-state index contributed by atoms with van der Waals surface area (Å²) in [6.45, 7) is 1.86. The van der Waals surface area contributed by atoms with Crippen LogP contribution in [0.2, 0.25) is 0 Å². The smallest absolute Gasteiger partial charge is 0.289 e. The molecule has 2 saturated heterocycles. The quantitative estimate of drug-likeness (QED) is 0.663. The lowest BCUT2D eigenvalue weighted by Crippen LogP contribution is -2.48. The molecule has 2 fully saturated rings. The fourth-order valence-electron chi connectivity index (χ4n) is 3.28. The number of hydrogen-bond donors (Lipinski definition) is 1. The van der Waals surface area contributed by atoms with Gasteiger partial charge >= 0.3 is 0 Å². The van der Waals surface area contributed by atoms with Crippen molar-refractivity contribution in [3.8, 4) is 0 Å². The van der Waals surface area contributed by atoms with Gasteiger partial charge in [0.25, 0.3) is 5.69 Å². The molecular formula is C13H17N3O4S. The molecular weight excluding hydrogens is 294 g/mol. The van der Waals surface area contributed by atoms with Crippen LogP contribution < -0.4 is 5.32 Å². The summed E-state index contributed by atoms with van der Waals surface area (Å²) in [5, 5.41) is 14.3. The average molecular weight is 311 g/mol. The van der Waals surface area contributed by atoms with Crippen LogP contribution in [0.5, 0.6) is 0 Å². The Hall–Kier alpha value is -1.51. The number of nitro benzene ring substituents is 1. The van der Waals surface area contributed by atoms with E-state index in [9.17, 15) is 18.5 Å². The predicted molar refractivity (Wildman–Crippen MR) is 76.4 cm³/mol. The second-order valence-corrected chi connectivity index (χ2v) is 7.33. The molecule has 1 aromatic rings. The first kappa shape index (κ1) is 14.4. The highest BCUT2D eigenvalue weighted by atomic mass is 32.2. The molecule has 0 spiro atoms. The topological polar surface area (TPSA) is 92.5 Å². The highest BCUT2D eigenvalue weighted by Crippen LogP contribution is 2.34. The second kappa shape index (κ2) is 5.36. The number of sulfonamides is 1. The van der Waals surface area contributed by atoms with Crippen LogP contribution in [-0.4, -0.2) is 43.3 Å². The van der Waals surface area contributed by atoms with Crippen LogP contribution in [0.1, 0.15) is 12.8 Å². The number of benzene rings is 1. The fourth-order valence-corrected chi connectivity index (χ4v) is 5.16. The van der Waals surface area contributed by atoms with E-state index in [1.165, 1.54) is 28.6 Å². The van der Waals surface area contributed by atoms with Gasteiger partial charge in [0.2, 0.25) is 10.0 Å². The maximum Gasteiger partial charge on any atom is 0.289 e. The van der Waals surface area contributed by atoms with Crippen molar-refractivity contribution in [3.63, 3.8) is 0 Å². The van der Waals surface area contributed by atoms with Crippen molar-refractivity contribution < 1.29 is 13.3 Å². The van der Waals surface area contributed by atoms with Gasteiger partial charge < -0.3 is 5.32 Å². The SMILES string of the molecule is O=[N+]([O-])c1ccccc1S(=O)(=O)N1CCC[C@H]2CNC[C@H]21. The lowest BCUT2D eigenvalue weighted by atomic mass is 9.94. The standard InChI is InChI=1S/C13H17N3O4S/c17-16(18)11-5-1-2-6-13(11)21(19,20)15-7-3-4-10-8-14-9-12(10)15/h1-2,5-6,10,12,14H,3-4,7-9H2/t10-,12+/m0/s1.